The number of carboxylic acid groups (broad SMARTS) is 1. The van der Waals surface area contributed by atoms with Crippen molar-refractivity contribution in [1.82, 2.24) is 9.80 Å². The lowest BCUT2D eigenvalue weighted by Gasteiger charge is -2.44. The first-order valence-electron chi connectivity index (χ1n) is 10.0. The van der Waals surface area contributed by atoms with Crippen molar-refractivity contribution < 1.29 is 24.2 Å². The van der Waals surface area contributed by atoms with Crippen LogP contribution in [0.1, 0.15) is 58.6 Å². The summed E-state index contributed by atoms with van der Waals surface area (Å²) in [6, 6.07) is 1.76. The van der Waals surface area contributed by atoms with Crippen molar-refractivity contribution in [1.29, 1.82) is 0 Å². The van der Waals surface area contributed by atoms with E-state index in [1.807, 2.05) is 4.90 Å². The number of carbonyl (C=O) groups excluding carboxylic acids is 2. The van der Waals surface area contributed by atoms with Crippen LogP contribution in [0.2, 0.25) is 0 Å². The molecule has 152 valence electrons. The number of aromatic carboxylic acids is 1. The molecule has 2 amide bonds. The Morgan fingerprint density at radius 2 is 1.93 bits per heavy atom. The van der Waals surface area contributed by atoms with Crippen molar-refractivity contribution >= 4 is 29.1 Å². The minimum atomic E-state index is -0.899. The molecule has 0 aliphatic carbocycles. The average Bonchev–Trinajstić information content (AvgIpc) is 3.04. The maximum atomic E-state index is 12.7. The number of amides is 2. The molecular formula is C20H26N2O5S. The van der Waals surface area contributed by atoms with E-state index < -0.39 is 11.6 Å². The van der Waals surface area contributed by atoms with Crippen molar-refractivity contribution in [2.45, 2.75) is 50.5 Å². The molecule has 7 nitrogen and oxygen atoms in total. The molecule has 28 heavy (non-hydrogen) atoms. The first-order valence-corrected chi connectivity index (χ1v) is 10.9. The fraction of sp³-hybridized carbons (Fsp3) is 0.650. The monoisotopic (exact) mass is 406 g/mol. The molecule has 3 aliphatic rings. The molecule has 2 saturated heterocycles. The molecule has 2 fully saturated rings. The number of carboxylic acids is 1. The van der Waals surface area contributed by atoms with Gasteiger partial charge in [0.15, 0.2) is 0 Å². The number of thiophene rings is 1. The van der Waals surface area contributed by atoms with Crippen molar-refractivity contribution in [2.24, 2.45) is 0 Å². The van der Waals surface area contributed by atoms with Crippen LogP contribution < -0.4 is 0 Å². The van der Waals surface area contributed by atoms with Gasteiger partial charge in [0.05, 0.1) is 18.8 Å². The summed E-state index contributed by atoms with van der Waals surface area (Å²) < 4.78 is 6.15. The van der Waals surface area contributed by atoms with Gasteiger partial charge < -0.3 is 19.6 Å². The van der Waals surface area contributed by atoms with Gasteiger partial charge in [0.1, 0.15) is 4.88 Å². The van der Waals surface area contributed by atoms with Gasteiger partial charge in [-0.05, 0) is 37.3 Å². The molecule has 1 spiro atoms. The Kier molecular flexibility index (Phi) is 5.42. The van der Waals surface area contributed by atoms with Crippen molar-refractivity contribution in [3.8, 4) is 0 Å². The van der Waals surface area contributed by atoms with Gasteiger partial charge in [0, 0.05) is 37.4 Å². The normalized spacial score (nSPS) is 22.1. The Morgan fingerprint density at radius 1 is 1.14 bits per heavy atom. The summed E-state index contributed by atoms with van der Waals surface area (Å²) >= 11 is 1.34. The quantitative estimate of drug-likeness (QED) is 0.832. The summed E-state index contributed by atoms with van der Waals surface area (Å²) in [6.07, 6.45) is 5.52. The minimum Gasteiger partial charge on any atom is -0.477 e. The van der Waals surface area contributed by atoms with Crippen LogP contribution in [0.3, 0.4) is 0 Å². The Bertz CT molecular complexity index is 782. The number of carbonyl (C=O) groups is 3. The van der Waals surface area contributed by atoms with Gasteiger partial charge in [0.25, 0.3) is 0 Å². The zero-order chi connectivity index (χ0) is 19.7. The average molecular weight is 407 g/mol. The molecule has 0 unspecified atom stereocenters. The molecule has 8 heteroatoms. The number of rotatable bonds is 3. The zero-order valence-corrected chi connectivity index (χ0v) is 16.8. The zero-order valence-electron chi connectivity index (χ0n) is 15.9. The van der Waals surface area contributed by atoms with Crippen LogP contribution in [0, 0.1) is 0 Å². The third-order valence-corrected chi connectivity index (χ3v) is 7.32. The predicted molar refractivity (Wildman–Crippen MR) is 103 cm³/mol. The van der Waals surface area contributed by atoms with Gasteiger partial charge >= 0.3 is 5.97 Å². The topological polar surface area (TPSA) is 87.2 Å². The second-order valence-electron chi connectivity index (χ2n) is 7.85. The molecule has 0 radical (unpaired) electrons. The molecule has 0 atom stereocenters. The SMILES string of the molecule is O=C(O)c1cc2c(s1)CCOC21CCN(C(=O)CN2CCCCCC2=O)CC1. The standard InChI is InChI=1S/C20H26N2O5S/c23-17-4-2-1-3-8-22(17)13-18(24)21-9-6-20(7-10-21)14-12-16(19(25)26)28-15(14)5-11-27-20/h12H,1-11,13H2,(H,25,26). The third kappa shape index (κ3) is 3.67. The van der Waals surface area contributed by atoms with Crippen molar-refractivity contribution in [2.75, 3.05) is 32.8 Å². The smallest absolute Gasteiger partial charge is 0.345 e. The van der Waals surface area contributed by atoms with E-state index in [1.165, 1.54) is 11.3 Å². The summed E-state index contributed by atoms with van der Waals surface area (Å²) in [5.41, 5.74) is 0.517. The molecule has 1 aromatic rings. The number of likely N-dealkylation sites (tertiary alicyclic amines) is 2. The van der Waals surface area contributed by atoms with Gasteiger partial charge in [-0.2, -0.15) is 0 Å². The summed E-state index contributed by atoms with van der Waals surface area (Å²) in [5, 5.41) is 9.32. The van der Waals surface area contributed by atoms with Gasteiger partial charge in [-0.15, -0.1) is 11.3 Å². The number of piperidine rings is 1. The lowest BCUT2D eigenvalue weighted by Crippen LogP contribution is -2.50. The van der Waals surface area contributed by atoms with E-state index in [1.54, 1.807) is 11.0 Å². The molecule has 4 rings (SSSR count). The van der Waals surface area contributed by atoms with Crippen LogP contribution in [-0.2, 0) is 26.3 Å². The Morgan fingerprint density at radius 3 is 2.68 bits per heavy atom. The molecule has 0 saturated carbocycles. The van der Waals surface area contributed by atoms with Crippen LogP contribution in [-0.4, -0.2) is 65.5 Å². The summed E-state index contributed by atoms with van der Waals surface area (Å²) in [5.74, 6) is -0.819. The second kappa shape index (κ2) is 7.83. The fourth-order valence-electron chi connectivity index (χ4n) is 4.52. The molecule has 3 aliphatic heterocycles. The minimum absolute atomic E-state index is 0.00215. The van der Waals surface area contributed by atoms with Crippen LogP contribution in [0.5, 0.6) is 0 Å². The fourth-order valence-corrected chi connectivity index (χ4v) is 5.59. The van der Waals surface area contributed by atoms with Gasteiger partial charge in [0.2, 0.25) is 11.8 Å². The first-order chi connectivity index (χ1) is 13.5. The molecule has 1 N–H and O–H groups in total. The highest BCUT2D eigenvalue weighted by molar-refractivity contribution is 7.14. The number of nitrogens with zero attached hydrogens (tertiary/aromatic N) is 2. The van der Waals surface area contributed by atoms with E-state index >= 15 is 0 Å². The van der Waals surface area contributed by atoms with E-state index in [0.717, 1.165) is 36.1 Å². The predicted octanol–water partition coefficient (Wildman–Crippen LogP) is 2.24. The summed E-state index contributed by atoms with van der Waals surface area (Å²) in [4.78, 5) is 41.2. The van der Waals surface area contributed by atoms with Gasteiger partial charge in [-0.3, -0.25) is 9.59 Å². The van der Waals surface area contributed by atoms with E-state index in [-0.39, 0.29) is 18.4 Å². The Balaban J connectivity index is 1.41. The largest absolute Gasteiger partial charge is 0.477 e. The van der Waals surface area contributed by atoms with E-state index in [4.69, 9.17) is 4.74 Å². The van der Waals surface area contributed by atoms with Crippen molar-refractivity contribution in [3.05, 3.63) is 21.4 Å². The number of hydrogen-bond acceptors (Lipinski definition) is 5. The third-order valence-electron chi connectivity index (χ3n) is 6.14. The van der Waals surface area contributed by atoms with E-state index in [0.29, 0.717) is 50.4 Å². The molecule has 0 bridgehead atoms. The van der Waals surface area contributed by atoms with Crippen LogP contribution in [0.25, 0.3) is 0 Å². The van der Waals surface area contributed by atoms with Crippen LogP contribution in [0.4, 0.5) is 0 Å². The second-order valence-corrected chi connectivity index (χ2v) is 8.99. The lowest BCUT2D eigenvalue weighted by atomic mass is 9.82. The number of ether oxygens (including phenoxy) is 1. The van der Waals surface area contributed by atoms with Crippen molar-refractivity contribution in [3.63, 3.8) is 0 Å². The highest BCUT2D eigenvalue weighted by atomic mass is 32.1. The number of hydrogen-bond donors (Lipinski definition) is 1. The molecule has 1 aromatic heterocycles. The first kappa shape index (κ1) is 19.4. The number of fused-ring (bicyclic) bond motifs is 2. The molecular weight excluding hydrogens is 380 g/mol. The van der Waals surface area contributed by atoms with E-state index in [2.05, 4.69) is 0 Å². The molecule has 0 aromatic carbocycles. The maximum Gasteiger partial charge on any atom is 0.345 e. The summed E-state index contributed by atoms with van der Waals surface area (Å²) in [7, 11) is 0. The summed E-state index contributed by atoms with van der Waals surface area (Å²) in [6.45, 7) is 2.56. The van der Waals surface area contributed by atoms with Crippen LogP contribution >= 0.6 is 11.3 Å². The highest BCUT2D eigenvalue weighted by Gasteiger charge is 2.43. The van der Waals surface area contributed by atoms with Crippen LogP contribution in [0.15, 0.2) is 6.07 Å². The van der Waals surface area contributed by atoms with Gasteiger partial charge in [-0.1, -0.05) is 6.42 Å². The van der Waals surface area contributed by atoms with E-state index in [9.17, 15) is 19.5 Å². The Labute approximate surface area is 168 Å². The Hall–Kier alpha value is -1.93. The lowest BCUT2D eigenvalue weighted by molar-refractivity contribution is -0.146. The van der Waals surface area contributed by atoms with Gasteiger partial charge in [-0.25, -0.2) is 4.79 Å². The molecule has 4 heterocycles. The highest BCUT2D eigenvalue weighted by Crippen LogP contribution is 2.44. The maximum absolute atomic E-state index is 12.7.